The number of hydroxylamine groups is 2. The van der Waals surface area contributed by atoms with Crippen molar-refractivity contribution >= 4 is 0 Å². The molecule has 3 heterocycles. The number of aromatic nitrogens is 2. The molecule has 0 aliphatic carbocycles. The van der Waals surface area contributed by atoms with Gasteiger partial charge in [-0.05, 0) is 12.5 Å². The third kappa shape index (κ3) is 1.71. The Bertz CT molecular complexity index is 580. The number of hydrogen-bond donors (Lipinski definition) is 0. The monoisotopic (exact) mass is 255 g/mol. The second-order valence-corrected chi connectivity index (χ2v) is 5.39. The standard InChI is InChI=1S/C15H17N3O/c1-11-14-9-13(15-16-7-8-17(11)15)18(19-14)10-12-5-3-2-4-6-12/h2-8,11,13-14H,9-10H2,1H3/t11-,13-,14+/m0/s1. The van der Waals surface area contributed by atoms with E-state index in [-0.39, 0.29) is 12.1 Å². The Morgan fingerprint density at radius 2 is 2.16 bits per heavy atom. The lowest BCUT2D eigenvalue weighted by molar-refractivity contribution is -0.172. The fourth-order valence-electron chi connectivity index (χ4n) is 3.16. The van der Waals surface area contributed by atoms with Gasteiger partial charge in [0.15, 0.2) is 0 Å². The van der Waals surface area contributed by atoms with Gasteiger partial charge in [-0.1, -0.05) is 30.3 Å². The molecule has 2 aromatic rings. The quantitative estimate of drug-likeness (QED) is 0.826. The minimum absolute atomic E-state index is 0.274. The third-order valence-corrected chi connectivity index (χ3v) is 4.23. The molecule has 98 valence electrons. The molecule has 0 spiro atoms. The van der Waals surface area contributed by atoms with Gasteiger partial charge < -0.3 is 4.57 Å². The van der Waals surface area contributed by atoms with Crippen molar-refractivity contribution in [1.29, 1.82) is 0 Å². The largest absolute Gasteiger partial charge is 0.328 e. The predicted octanol–water partition coefficient (Wildman–Crippen LogP) is 2.70. The van der Waals surface area contributed by atoms with Crippen molar-refractivity contribution in [2.45, 2.75) is 38.1 Å². The van der Waals surface area contributed by atoms with Crippen molar-refractivity contribution < 1.29 is 4.84 Å². The molecule has 1 aromatic carbocycles. The normalized spacial score (nSPS) is 29.4. The number of fused-ring (bicyclic) bond motifs is 4. The van der Waals surface area contributed by atoms with Crippen molar-refractivity contribution in [3.05, 3.63) is 54.1 Å². The first-order valence-corrected chi connectivity index (χ1v) is 6.83. The first kappa shape index (κ1) is 11.2. The van der Waals surface area contributed by atoms with E-state index in [1.807, 2.05) is 12.3 Å². The maximum Gasteiger partial charge on any atom is 0.128 e. The molecule has 0 radical (unpaired) electrons. The van der Waals surface area contributed by atoms with E-state index in [9.17, 15) is 0 Å². The molecule has 1 saturated heterocycles. The first-order chi connectivity index (χ1) is 9.33. The van der Waals surface area contributed by atoms with Crippen LogP contribution in [0.2, 0.25) is 0 Å². The summed E-state index contributed by atoms with van der Waals surface area (Å²) >= 11 is 0. The van der Waals surface area contributed by atoms with Crippen LogP contribution >= 0.6 is 0 Å². The van der Waals surface area contributed by atoms with Crippen molar-refractivity contribution in [2.75, 3.05) is 0 Å². The summed E-state index contributed by atoms with van der Waals surface area (Å²) in [5, 5.41) is 2.10. The van der Waals surface area contributed by atoms with Crippen LogP contribution in [-0.2, 0) is 11.4 Å². The Kier molecular flexibility index (Phi) is 2.47. The summed E-state index contributed by atoms with van der Waals surface area (Å²) in [6.07, 6.45) is 5.28. The zero-order valence-electron chi connectivity index (χ0n) is 10.9. The van der Waals surface area contributed by atoms with Crippen LogP contribution in [0.25, 0.3) is 0 Å². The second kappa shape index (κ2) is 4.18. The molecule has 0 amide bonds. The average Bonchev–Trinajstić information content (AvgIpc) is 3.03. The van der Waals surface area contributed by atoms with Gasteiger partial charge in [0.05, 0.1) is 12.1 Å². The summed E-state index contributed by atoms with van der Waals surface area (Å²) < 4.78 is 2.25. The van der Waals surface area contributed by atoms with Gasteiger partial charge in [-0.25, -0.2) is 4.98 Å². The van der Waals surface area contributed by atoms with Gasteiger partial charge in [0, 0.05) is 25.4 Å². The zero-order valence-corrected chi connectivity index (χ0v) is 10.9. The van der Waals surface area contributed by atoms with Gasteiger partial charge in [-0.3, -0.25) is 4.84 Å². The van der Waals surface area contributed by atoms with E-state index in [2.05, 4.69) is 52.0 Å². The molecule has 2 aliphatic heterocycles. The lowest BCUT2D eigenvalue weighted by Crippen LogP contribution is -2.26. The number of benzene rings is 1. The number of hydrogen-bond acceptors (Lipinski definition) is 3. The number of rotatable bonds is 2. The molecule has 3 atom stereocenters. The minimum Gasteiger partial charge on any atom is -0.328 e. The van der Waals surface area contributed by atoms with Crippen molar-refractivity contribution in [1.82, 2.24) is 14.6 Å². The molecule has 19 heavy (non-hydrogen) atoms. The van der Waals surface area contributed by atoms with E-state index < -0.39 is 0 Å². The van der Waals surface area contributed by atoms with Crippen LogP contribution in [0.1, 0.15) is 36.8 Å². The van der Waals surface area contributed by atoms with Crippen LogP contribution in [0.5, 0.6) is 0 Å². The van der Waals surface area contributed by atoms with Crippen LogP contribution < -0.4 is 0 Å². The summed E-state index contributed by atoms with van der Waals surface area (Å²) in [6.45, 7) is 3.03. The molecule has 2 aliphatic rings. The molecule has 0 unspecified atom stereocenters. The second-order valence-electron chi connectivity index (χ2n) is 5.39. The average molecular weight is 255 g/mol. The first-order valence-electron chi connectivity index (χ1n) is 6.83. The van der Waals surface area contributed by atoms with E-state index in [1.54, 1.807) is 0 Å². The summed E-state index contributed by atoms with van der Waals surface area (Å²) in [6, 6.07) is 11.1. The highest BCUT2D eigenvalue weighted by Gasteiger charge is 2.44. The smallest absolute Gasteiger partial charge is 0.128 e. The summed E-state index contributed by atoms with van der Waals surface area (Å²) in [7, 11) is 0. The topological polar surface area (TPSA) is 30.3 Å². The van der Waals surface area contributed by atoms with Gasteiger partial charge in [0.1, 0.15) is 11.9 Å². The molecule has 4 rings (SSSR count). The summed E-state index contributed by atoms with van der Waals surface area (Å²) in [5.74, 6) is 1.14. The Morgan fingerprint density at radius 3 is 3.00 bits per heavy atom. The molecule has 4 nitrogen and oxygen atoms in total. The van der Waals surface area contributed by atoms with Gasteiger partial charge in [0.2, 0.25) is 0 Å². The lowest BCUT2D eigenvalue weighted by atomic mass is 9.99. The van der Waals surface area contributed by atoms with E-state index in [0.717, 1.165) is 18.8 Å². The van der Waals surface area contributed by atoms with Crippen LogP contribution in [0, 0.1) is 0 Å². The lowest BCUT2D eigenvalue weighted by Gasteiger charge is -2.25. The van der Waals surface area contributed by atoms with E-state index in [4.69, 9.17) is 4.84 Å². The Labute approximate surface area is 112 Å². The van der Waals surface area contributed by atoms with Gasteiger partial charge >= 0.3 is 0 Å². The van der Waals surface area contributed by atoms with E-state index in [0.29, 0.717) is 6.04 Å². The molecule has 1 fully saturated rings. The molecule has 0 saturated carbocycles. The minimum atomic E-state index is 0.274. The zero-order chi connectivity index (χ0) is 12.8. The van der Waals surface area contributed by atoms with Crippen molar-refractivity contribution in [3.63, 3.8) is 0 Å². The van der Waals surface area contributed by atoms with Crippen LogP contribution in [0.15, 0.2) is 42.7 Å². The van der Waals surface area contributed by atoms with E-state index in [1.165, 1.54) is 5.56 Å². The van der Waals surface area contributed by atoms with Crippen molar-refractivity contribution in [3.8, 4) is 0 Å². The Hall–Kier alpha value is -1.65. The number of nitrogens with zero attached hydrogens (tertiary/aromatic N) is 3. The molecule has 1 aromatic heterocycles. The van der Waals surface area contributed by atoms with Gasteiger partial charge in [-0.15, -0.1) is 0 Å². The third-order valence-electron chi connectivity index (χ3n) is 4.23. The highest BCUT2D eigenvalue weighted by atomic mass is 16.7. The van der Waals surface area contributed by atoms with Crippen LogP contribution in [0.4, 0.5) is 0 Å². The Morgan fingerprint density at radius 1 is 1.32 bits per heavy atom. The van der Waals surface area contributed by atoms with Crippen LogP contribution in [0.3, 0.4) is 0 Å². The summed E-state index contributed by atoms with van der Waals surface area (Å²) in [4.78, 5) is 10.6. The fraction of sp³-hybridized carbons (Fsp3) is 0.400. The maximum absolute atomic E-state index is 6.11. The SMILES string of the molecule is C[C@H]1[C@H]2C[C@@H](c3nccn31)N(Cc1ccccc1)O2. The highest BCUT2D eigenvalue weighted by Crippen LogP contribution is 2.43. The number of imidazole rings is 1. The fourth-order valence-corrected chi connectivity index (χ4v) is 3.16. The summed E-state index contributed by atoms with van der Waals surface area (Å²) in [5.41, 5.74) is 1.28. The predicted molar refractivity (Wildman–Crippen MR) is 71.2 cm³/mol. The Balaban J connectivity index is 1.64. The maximum atomic E-state index is 6.11. The van der Waals surface area contributed by atoms with Gasteiger partial charge in [0.25, 0.3) is 0 Å². The molecular weight excluding hydrogens is 238 g/mol. The molecule has 0 N–H and O–H groups in total. The van der Waals surface area contributed by atoms with E-state index >= 15 is 0 Å². The molecule has 2 bridgehead atoms. The van der Waals surface area contributed by atoms with Gasteiger partial charge in [-0.2, -0.15) is 5.06 Å². The molecule has 4 heteroatoms. The van der Waals surface area contributed by atoms with Crippen LogP contribution in [-0.4, -0.2) is 20.7 Å². The van der Waals surface area contributed by atoms with Crippen molar-refractivity contribution in [2.24, 2.45) is 0 Å². The molecular formula is C15H17N3O. The highest BCUT2D eigenvalue weighted by molar-refractivity contribution is 5.16.